The molecule has 0 bridgehead atoms. The molecule has 0 aromatic heterocycles. The third-order valence-corrected chi connectivity index (χ3v) is 4.08. The van der Waals surface area contributed by atoms with Gasteiger partial charge >= 0.3 is 0 Å². The van der Waals surface area contributed by atoms with E-state index in [0.29, 0.717) is 19.5 Å². The van der Waals surface area contributed by atoms with E-state index < -0.39 is 0 Å². The summed E-state index contributed by atoms with van der Waals surface area (Å²) in [6.07, 6.45) is 2.17. The van der Waals surface area contributed by atoms with Crippen molar-refractivity contribution in [2.45, 2.75) is 44.8 Å². The second kappa shape index (κ2) is 6.54. The number of nitrogens with zero attached hydrogens (tertiary/aromatic N) is 1. The van der Waals surface area contributed by atoms with Crippen LogP contribution in [-0.4, -0.2) is 61.1 Å². The lowest BCUT2D eigenvalue weighted by atomic mass is 10.0. The summed E-state index contributed by atoms with van der Waals surface area (Å²) in [4.78, 5) is 25.2. The van der Waals surface area contributed by atoms with Crippen molar-refractivity contribution in [2.75, 3.05) is 32.8 Å². The van der Waals surface area contributed by atoms with Gasteiger partial charge in [0.2, 0.25) is 11.8 Å². The molecule has 0 aromatic rings. The van der Waals surface area contributed by atoms with E-state index in [0.717, 1.165) is 25.9 Å². The fraction of sp³-hybridized carbons (Fsp3) is 0.857. The standard InChI is InChI=1S/C14H25N3O3/c1-3-12(18)16-11-4-6-17(7-5-11)13(19)8-20-14(2)9-15-10-14/h11,15H,3-10H2,1-2H3,(H,16,18). The highest BCUT2D eigenvalue weighted by Gasteiger charge is 2.34. The van der Waals surface area contributed by atoms with Crippen LogP contribution in [-0.2, 0) is 14.3 Å². The molecule has 0 radical (unpaired) electrons. The maximum Gasteiger partial charge on any atom is 0.248 e. The molecule has 0 spiro atoms. The van der Waals surface area contributed by atoms with Crippen molar-refractivity contribution >= 4 is 11.8 Å². The zero-order valence-electron chi connectivity index (χ0n) is 12.4. The van der Waals surface area contributed by atoms with E-state index in [-0.39, 0.29) is 30.1 Å². The Hall–Kier alpha value is -1.14. The first-order valence-electron chi connectivity index (χ1n) is 7.44. The molecule has 0 saturated carbocycles. The highest BCUT2D eigenvalue weighted by molar-refractivity contribution is 5.78. The Kier molecular flexibility index (Phi) is 4.99. The van der Waals surface area contributed by atoms with Gasteiger partial charge in [0.25, 0.3) is 0 Å². The second-order valence-corrected chi connectivity index (χ2v) is 5.92. The maximum atomic E-state index is 12.1. The Morgan fingerprint density at radius 3 is 2.50 bits per heavy atom. The SMILES string of the molecule is CCC(=O)NC1CCN(C(=O)COC2(C)CNC2)CC1. The van der Waals surface area contributed by atoms with Crippen molar-refractivity contribution in [2.24, 2.45) is 0 Å². The molecule has 2 amide bonds. The lowest BCUT2D eigenvalue weighted by molar-refractivity contribution is -0.147. The molecule has 20 heavy (non-hydrogen) atoms. The predicted molar refractivity (Wildman–Crippen MR) is 75.3 cm³/mol. The Bertz CT molecular complexity index is 361. The molecule has 2 saturated heterocycles. The summed E-state index contributed by atoms with van der Waals surface area (Å²) < 4.78 is 5.67. The van der Waals surface area contributed by atoms with Crippen molar-refractivity contribution < 1.29 is 14.3 Å². The van der Waals surface area contributed by atoms with Gasteiger partial charge in [0.15, 0.2) is 0 Å². The van der Waals surface area contributed by atoms with Crippen LogP contribution in [0.1, 0.15) is 33.1 Å². The van der Waals surface area contributed by atoms with Crippen LogP contribution >= 0.6 is 0 Å². The maximum absolute atomic E-state index is 12.1. The lowest BCUT2D eigenvalue weighted by Gasteiger charge is -2.39. The zero-order valence-corrected chi connectivity index (χ0v) is 12.4. The minimum Gasteiger partial charge on any atom is -0.363 e. The summed E-state index contributed by atoms with van der Waals surface area (Å²) in [5.41, 5.74) is -0.177. The molecule has 2 aliphatic rings. The minimum atomic E-state index is -0.177. The van der Waals surface area contributed by atoms with Crippen molar-refractivity contribution in [1.82, 2.24) is 15.5 Å². The van der Waals surface area contributed by atoms with Crippen LogP contribution in [0.25, 0.3) is 0 Å². The van der Waals surface area contributed by atoms with E-state index in [1.165, 1.54) is 0 Å². The van der Waals surface area contributed by atoms with Gasteiger partial charge in [-0.3, -0.25) is 9.59 Å². The fourth-order valence-electron chi connectivity index (χ4n) is 2.51. The number of nitrogens with one attached hydrogen (secondary N) is 2. The number of amides is 2. The molecule has 2 aliphatic heterocycles. The van der Waals surface area contributed by atoms with Crippen LogP contribution in [0.15, 0.2) is 0 Å². The van der Waals surface area contributed by atoms with Crippen molar-refractivity contribution in [3.05, 3.63) is 0 Å². The Labute approximate surface area is 120 Å². The molecule has 2 fully saturated rings. The van der Waals surface area contributed by atoms with Gasteiger partial charge in [0.1, 0.15) is 6.61 Å². The molecular formula is C14H25N3O3. The number of hydrogen-bond donors (Lipinski definition) is 2. The van der Waals surface area contributed by atoms with Gasteiger partial charge in [0.05, 0.1) is 5.60 Å². The highest BCUT2D eigenvalue weighted by Crippen LogP contribution is 2.16. The monoisotopic (exact) mass is 283 g/mol. The third-order valence-electron chi connectivity index (χ3n) is 4.08. The molecule has 2 N–H and O–H groups in total. The second-order valence-electron chi connectivity index (χ2n) is 5.92. The first-order chi connectivity index (χ1) is 9.52. The van der Waals surface area contributed by atoms with Gasteiger partial charge in [-0.1, -0.05) is 6.92 Å². The summed E-state index contributed by atoms with van der Waals surface area (Å²) in [5, 5.41) is 6.13. The van der Waals surface area contributed by atoms with Crippen LogP contribution in [0, 0.1) is 0 Å². The van der Waals surface area contributed by atoms with Gasteiger partial charge in [0, 0.05) is 38.6 Å². The Morgan fingerprint density at radius 2 is 2.00 bits per heavy atom. The van der Waals surface area contributed by atoms with Gasteiger partial charge in [-0.05, 0) is 19.8 Å². The van der Waals surface area contributed by atoms with Crippen LogP contribution < -0.4 is 10.6 Å². The largest absolute Gasteiger partial charge is 0.363 e. The van der Waals surface area contributed by atoms with E-state index >= 15 is 0 Å². The Morgan fingerprint density at radius 1 is 1.35 bits per heavy atom. The first-order valence-corrected chi connectivity index (χ1v) is 7.44. The average molecular weight is 283 g/mol. The van der Waals surface area contributed by atoms with Gasteiger partial charge < -0.3 is 20.3 Å². The number of hydrogen-bond acceptors (Lipinski definition) is 4. The van der Waals surface area contributed by atoms with E-state index in [4.69, 9.17) is 4.74 Å². The number of carbonyl (C=O) groups excluding carboxylic acids is 2. The molecule has 6 heteroatoms. The molecule has 6 nitrogen and oxygen atoms in total. The number of likely N-dealkylation sites (tertiary alicyclic amines) is 1. The van der Waals surface area contributed by atoms with Crippen LogP contribution in [0.4, 0.5) is 0 Å². The summed E-state index contributed by atoms with van der Waals surface area (Å²) >= 11 is 0. The summed E-state index contributed by atoms with van der Waals surface area (Å²) in [5.74, 6) is 0.141. The zero-order chi connectivity index (χ0) is 14.6. The van der Waals surface area contributed by atoms with Gasteiger partial charge in [-0.2, -0.15) is 0 Å². The van der Waals surface area contributed by atoms with Gasteiger partial charge in [-0.25, -0.2) is 0 Å². The van der Waals surface area contributed by atoms with Crippen molar-refractivity contribution in [3.8, 4) is 0 Å². The van der Waals surface area contributed by atoms with Crippen LogP contribution in [0.2, 0.25) is 0 Å². The summed E-state index contributed by atoms with van der Waals surface area (Å²) in [7, 11) is 0. The molecule has 0 atom stereocenters. The molecule has 2 rings (SSSR count). The van der Waals surface area contributed by atoms with Crippen molar-refractivity contribution in [3.63, 3.8) is 0 Å². The molecule has 2 heterocycles. The number of rotatable bonds is 5. The molecule has 114 valence electrons. The molecule has 0 unspecified atom stereocenters. The average Bonchev–Trinajstić information content (AvgIpc) is 2.43. The highest BCUT2D eigenvalue weighted by atomic mass is 16.5. The topological polar surface area (TPSA) is 70.7 Å². The summed E-state index contributed by atoms with van der Waals surface area (Å²) in [6, 6.07) is 0.209. The fourth-order valence-corrected chi connectivity index (χ4v) is 2.51. The number of ether oxygens (including phenoxy) is 1. The predicted octanol–water partition coefficient (Wildman–Crippen LogP) is -0.118. The van der Waals surface area contributed by atoms with Gasteiger partial charge in [-0.15, -0.1) is 0 Å². The number of piperidine rings is 1. The lowest BCUT2D eigenvalue weighted by Crippen LogP contribution is -2.60. The molecular weight excluding hydrogens is 258 g/mol. The quantitative estimate of drug-likeness (QED) is 0.738. The van der Waals surface area contributed by atoms with Crippen LogP contribution in [0.3, 0.4) is 0 Å². The molecule has 0 aromatic carbocycles. The normalized spacial score (nSPS) is 22.2. The minimum absolute atomic E-state index is 0.0541. The van der Waals surface area contributed by atoms with E-state index in [1.54, 1.807) is 0 Å². The summed E-state index contributed by atoms with van der Waals surface area (Å²) in [6.45, 7) is 7.04. The van der Waals surface area contributed by atoms with Crippen LogP contribution in [0.5, 0.6) is 0 Å². The van der Waals surface area contributed by atoms with Crippen molar-refractivity contribution in [1.29, 1.82) is 0 Å². The van der Waals surface area contributed by atoms with E-state index in [9.17, 15) is 9.59 Å². The first kappa shape index (κ1) is 15.3. The molecule has 0 aliphatic carbocycles. The van der Waals surface area contributed by atoms with E-state index in [2.05, 4.69) is 10.6 Å². The number of carbonyl (C=O) groups is 2. The smallest absolute Gasteiger partial charge is 0.248 e. The van der Waals surface area contributed by atoms with E-state index in [1.807, 2.05) is 18.7 Å². The Balaban J connectivity index is 1.67. The third kappa shape index (κ3) is 3.93.